The van der Waals surface area contributed by atoms with E-state index >= 15 is 0 Å². The van der Waals surface area contributed by atoms with Crippen LogP contribution in [0.1, 0.15) is 36.8 Å². The van der Waals surface area contributed by atoms with E-state index in [1.165, 1.54) is 36.4 Å². The maximum absolute atomic E-state index is 14.2. The number of primary amides is 2. The second kappa shape index (κ2) is 31.4. The Balaban J connectivity index is 1.81. The molecule has 2 aromatic carbocycles. The van der Waals surface area contributed by atoms with Gasteiger partial charge in [-0.15, -0.1) is 11.8 Å². The number of aliphatic carboxylic acids is 2. The molecule has 16 N–H and O–H groups in total. The van der Waals surface area contributed by atoms with Crippen molar-refractivity contribution in [1.29, 1.82) is 0 Å². The van der Waals surface area contributed by atoms with Gasteiger partial charge in [0.15, 0.2) is 0 Å². The molecule has 0 aromatic heterocycles. The van der Waals surface area contributed by atoms with Crippen molar-refractivity contribution in [3.05, 3.63) is 77.9 Å². The van der Waals surface area contributed by atoms with Gasteiger partial charge in [0.1, 0.15) is 54.1 Å². The average Bonchev–Trinajstić information content (AvgIpc) is 3.38. The number of carbonyl (C=O) groups excluding carboxylic acids is 11. The summed E-state index contributed by atoms with van der Waals surface area (Å²) in [6.07, 6.45) is -1.16. The molecule has 8 atom stereocenters. The zero-order chi connectivity index (χ0) is 57.3. The van der Waals surface area contributed by atoms with Crippen LogP contribution in [0.15, 0.2) is 66.7 Å². The van der Waals surface area contributed by atoms with Gasteiger partial charge < -0.3 is 84.1 Å². The second-order valence-corrected chi connectivity index (χ2v) is 18.6. The summed E-state index contributed by atoms with van der Waals surface area (Å²) >= 11 is 0.770. The quantitative estimate of drug-likeness (QED) is 0.0695. The predicted molar refractivity (Wildman–Crippen MR) is 271 cm³/mol. The first-order chi connectivity index (χ1) is 37.1. The number of phenolic OH excluding ortho intramolecular Hbond substituents is 1. The minimum atomic E-state index is -2.06. The summed E-state index contributed by atoms with van der Waals surface area (Å²) in [4.78, 5) is 173. The summed E-state index contributed by atoms with van der Waals surface area (Å²) in [5, 5.41) is 50.3. The molecule has 0 radical (unpaired) electrons. The zero-order valence-electron chi connectivity index (χ0n) is 41.7. The number of hydrogen-bond donors (Lipinski definition) is 14. The SMILES string of the molecule is NC(=O)C[C@@H]1NC(=O)[C@H](CC(=O)O)NC(=O)[C@H](Cc2ccc(O)cc2)NC(=O)CNC(=O)[C@H](CCC(=O)O)NC(=O)[C@H](Cc2ccccc2)NC(=O)C2COC/C=C\COCC(NC1=O)C(=O)N[C@H](C(N)=O)CSCC(=O)N2. The number of nitrogens with one attached hydrogen (secondary N) is 9. The Morgan fingerprint density at radius 3 is 1.64 bits per heavy atom. The van der Waals surface area contributed by atoms with Gasteiger partial charge >= 0.3 is 11.9 Å². The van der Waals surface area contributed by atoms with Crippen LogP contribution in [-0.4, -0.2) is 185 Å². The smallest absolute Gasteiger partial charge is 0.305 e. The van der Waals surface area contributed by atoms with E-state index in [2.05, 4.69) is 47.9 Å². The van der Waals surface area contributed by atoms with Crippen LogP contribution in [0.25, 0.3) is 0 Å². The van der Waals surface area contributed by atoms with Crippen molar-refractivity contribution in [3.63, 3.8) is 0 Å². The molecular weight excluding hydrogens is 1050 g/mol. The van der Waals surface area contributed by atoms with Crippen LogP contribution in [-0.2, 0) is 84.6 Å². The van der Waals surface area contributed by atoms with Gasteiger partial charge in [0.25, 0.3) is 0 Å². The van der Waals surface area contributed by atoms with Crippen molar-refractivity contribution >= 4 is 88.7 Å². The van der Waals surface area contributed by atoms with Crippen LogP contribution in [0.3, 0.4) is 0 Å². The summed E-state index contributed by atoms with van der Waals surface area (Å²) in [5.74, 6) is -16.3. The lowest BCUT2D eigenvalue weighted by Gasteiger charge is -2.27. The number of thioether (sulfide) groups is 1. The van der Waals surface area contributed by atoms with Crippen molar-refractivity contribution < 1.29 is 87.1 Å². The van der Waals surface area contributed by atoms with E-state index in [1.807, 2.05) is 0 Å². The summed E-state index contributed by atoms with van der Waals surface area (Å²) in [5.41, 5.74) is 11.8. The molecule has 422 valence electrons. The van der Waals surface area contributed by atoms with Gasteiger partial charge in [0.2, 0.25) is 65.0 Å². The van der Waals surface area contributed by atoms with Gasteiger partial charge in [0, 0.05) is 25.0 Å². The molecule has 30 heteroatoms. The van der Waals surface area contributed by atoms with E-state index in [-0.39, 0.29) is 31.1 Å². The first-order valence-electron chi connectivity index (χ1n) is 24.0. The second-order valence-electron chi connectivity index (χ2n) is 17.5. The minimum Gasteiger partial charge on any atom is -0.508 e. The molecule has 0 spiro atoms. The molecule has 2 unspecified atom stereocenters. The molecule has 2 bridgehead atoms. The third-order valence-corrected chi connectivity index (χ3v) is 12.4. The number of phenols is 1. The van der Waals surface area contributed by atoms with Crippen molar-refractivity contribution in [2.45, 2.75) is 86.9 Å². The number of carboxylic acid groups (broad SMARTS) is 2. The number of amides is 11. The molecule has 0 saturated carbocycles. The zero-order valence-corrected chi connectivity index (χ0v) is 42.5. The average molecular weight is 1110 g/mol. The lowest BCUT2D eigenvalue weighted by molar-refractivity contribution is -0.142. The number of ether oxygens (including phenoxy) is 2. The van der Waals surface area contributed by atoms with Gasteiger partial charge in [-0.3, -0.25) is 62.3 Å². The van der Waals surface area contributed by atoms with Crippen LogP contribution in [0.5, 0.6) is 5.75 Å². The van der Waals surface area contributed by atoms with Gasteiger partial charge in [-0.2, -0.15) is 0 Å². The summed E-state index contributed by atoms with van der Waals surface area (Å²) in [6.45, 7) is -2.55. The number of carbonyl (C=O) groups is 13. The third-order valence-electron chi connectivity index (χ3n) is 11.3. The molecular formula is C48H61N11O18S. The molecule has 3 aliphatic heterocycles. The van der Waals surface area contributed by atoms with E-state index in [9.17, 15) is 77.6 Å². The van der Waals surface area contributed by atoms with Crippen molar-refractivity contribution in [2.75, 3.05) is 44.5 Å². The van der Waals surface area contributed by atoms with Crippen LogP contribution in [0.2, 0.25) is 0 Å². The number of benzene rings is 2. The van der Waals surface area contributed by atoms with Gasteiger partial charge in [0.05, 0.1) is 51.6 Å². The summed E-state index contributed by atoms with van der Waals surface area (Å²) in [6, 6.07) is -0.259. The Labute approximate surface area is 448 Å². The Hall–Kier alpha value is -8.64. The molecule has 11 amide bonds. The Morgan fingerprint density at radius 2 is 1.06 bits per heavy atom. The lowest BCUT2D eigenvalue weighted by Crippen LogP contribution is -2.61. The van der Waals surface area contributed by atoms with Crippen LogP contribution in [0.4, 0.5) is 0 Å². The molecule has 0 aliphatic carbocycles. The highest BCUT2D eigenvalue weighted by molar-refractivity contribution is 8.00. The molecule has 3 aliphatic rings. The predicted octanol–water partition coefficient (Wildman–Crippen LogP) is -5.78. The van der Waals surface area contributed by atoms with E-state index < -0.39 is 183 Å². The number of fused-ring (bicyclic) bond motifs is 32. The Morgan fingerprint density at radius 1 is 0.551 bits per heavy atom. The van der Waals surface area contributed by atoms with E-state index in [4.69, 9.17) is 20.9 Å². The molecule has 5 rings (SSSR count). The molecule has 1 fully saturated rings. The molecule has 2 aromatic rings. The fourth-order valence-corrected chi connectivity index (χ4v) is 8.22. The number of carboxylic acids is 2. The molecule has 1 saturated heterocycles. The molecule has 78 heavy (non-hydrogen) atoms. The maximum Gasteiger partial charge on any atom is 0.305 e. The van der Waals surface area contributed by atoms with E-state index in [1.54, 1.807) is 30.3 Å². The van der Waals surface area contributed by atoms with Gasteiger partial charge in [-0.05, 0) is 29.7 Å². The number of rotatable bonds is 12. The lowest BCUT2D eigenvalue weighted by atomic mass is 10.0. The first kappa shape index (κ1) is 61.9. The third kappa shape index (κ3) is 21.9. The van der Waals surface area contributed by atoms with Crippen molar-refractivity contribution in [3.8, 4) is 5.75 Å². The van der Waals surface area contributed by atoms with Crippen molar-refractivity contribution in [2.24, 2.45) is 11.5 Å². The monoisotopic (exact) mass is 1110 g/mol. The number of hydrogen-bond acceptors (Lipinski definition) is 17. The summed E-state index contributed by atoms with van der Waals surface area (Å²) < 4.78 is 11.3. The largest absolute Gasteiger partial charge is 0.508 e. The number of aromatic hydroxyl groups is 1. The van der Waals surface area contributed by atoms with Crippen LogP contribution >= 0.6 is 11.8 Å². The highest BCUT2D eigenvalue weighted by atomic mass is 32.2. The van der Waals surface area contributed by atoms with E-state index in [0.29, 0.717) is 11.1 Å². The molecule has 29 nitrogen and oxygen atoms in total. The number of nitrogens with two attached hydrogens (primary N) is 2. The van der Waals surface area contributed by atoms with Gasteiger partial charge in [-0.1, -0.05) is 54.6 Å². The molecule has 3 heterocycles. The van der Waals surface area contributed by atoms with E-state index in [0.717, 1.165) is 11.8 Å². The van der Waals surface area contributed by atoms with Crippen molar-refractivity contribution in [1.82, 2.24) is 47.9 Å². The first-order valence-corrected chi connectivity index (χ1v) is 25.1. The van der Waals surface area contributed by atoms with Crippen LogP contribution in [0, 0.1) is 0 Å². The van der Waals surface area contributed by atoms with Crippen LogP contribution < -0.4 is 59.3 Å². The normalized spacial score (nSPS) is 24.9. The standard InChI is InChI=1S/C48H61N11O18S/c49-36(61)18-31-45(72)58-34-22-77-15-5-4-14-76-21-33(53-38(63)24-78-23-35(41(50)68)59-48(34)75)47(74)55-30(16-25-6-2-1-3-7-25)44(71)54-28(12-13-39(64)65)42(69)51-20-37(62)52-29(17-26-8-10-27(60)11-9-26)43(70)57-32(19-40(66)67)46(73)56-31/h1-11,28-35,60H,12-24H2,(H2,49,61)(H2,50,68)(H,51,69)(H,52,62)(H,53,63)(H,54,71)(H,55,74)(H,56,73)(H,57,70)(H,58,72)(H,59,75)(H,64,65)(H,66,67)/b5-4-/t28-,29-,30-,31-,32-,33?,34?,35-/m0/s1. The Kier molecular flexibility index (Phi) is 24.9. The Bertz CT molecular complexity index is 2550. The fourth-order valence-electron chi connectivity index (χ4n) is 7.35. The minimum absolute atomic E-state index is 0.185. The topological polar surface area (TPSA) is 461 Å². The fraction of sp³-hybridized carbons (Fsp3) is 0.438. The highest BCUT2D eigenvalue weighted by Gasteiger charge is 2.36. The highest BCUT2D eigenvalue weighted by Crippen LogP contribution is 2.13. The van der Waals surface area contributed by atoms with Gasteiger partial charge in [-0.25, -0.2) is 0 Å². The maximum atomic E-state index is 14.2. The summed E-state index contributed by atoms with van der Waals surface area (Å²) in [7, 11) is 0.